The molecule has 28 heavy (non-hydrogen) atoms. The normalized spacial score (nSPS) is 12.0. The lowest BCUT2D eigenvalue weighted by molar-refractivity contribution is -0.136. The van der Waals surface area contributed by atoms with Gasteiger partial charge in [0.25, 0.3) is 0 Å². The maximum absolute atomic E-state index is 12.2. The monoisotopic (exact) mass is 381 g/mol. The molecule has 2 heterocycles. The standard InChI is InChI=1S/C19H23N7O2/c1-24(2)16(14-11-21-25(3)13-14)12-20-18(27)19(28)22-17-9-10-26(23-17)15-7-5-4-6-8-15/h4-11,13,16H,12H2,1-3H3,(H,20,27)(H,22,23,28)/t16-/m1/s1. The lowest BCUT2D eigenvalue weighted by Crippen LogP contribution is -2.40. The number of carbonyl (C=O) groups excluding carboxylic acids is 2. The predicted molar refractivity (Wildman–Crippen MR) is 105 cm³/mol. The number of anilines is 1. The molecule has 146 valence electrons. The zero-order chi connectivity index (χ0) is 20.1. The molecule has 0 aliphatic carbocycles. The van der Waals surface area contributed by atoms with E-state index in [1.54, 1.807) is 27.8 Å². The second kappa shape index (κ2) is 8.49. The quantitative estimate of drug-likeness (QED) is 0.620. The van der Waals surface area contributed by atoms with Crippen LogP contribution < -0.4 is 10.6 Å². The van der Waals surface area contributed by atoms with E-state index >= 15 is 0 Å². The molecule has 2 N–H and O–H groups in total. The molecule has 0 radical (unpaired) electrons. The molecule has 9 heteroatoms. The van der Waals surface area contributed by atoms with Crippen molar-refractivity contribution in [3.05, 3.63) is 60.6 Å². The molecule has 3 rings (SSSR count). The fourth-order valence-electron chi connectivity index (χ4n) is 2.77. The topological polar surface area (TPSA) is 97.1 Å². The van der Waals surface area contributed by atoms with Gasteiger partial charge in [-0.25, -0.2) is 4.68 Å². The first-order valence-corrected chi connectivity index (χ1v) is 8.79. The first-order chi connectivity index (χ1) is 13.4. The van der Waals surface area contributed by atoms with Crippen molar-refractivity contribution in [3.8, 4) is 5.69 Å². The number of rotatable bonds is 6. The van der Waals surface area contributed by atoms with Crippen LogP contribution in [0.1, 0.15) is 11.6 Å². The lowest BCUT2D eigenvalue weighted by atomic mass is 10.1. The van der Waals surface area contributed by atoms with E-state index in [1.165, 1.54) is 0 Å². The molecule has 0 fully saturated rings. The summed E-state index contributed by atoms with van der Waals surface area (Å²) in [6, 6.07) is 11.0. The van der Waals surface area contributed by atoms with Crippen molar-refractivity contribution in [1.82, 2.24) is 29.8 Å². The number of aryl methyl sites for hydroxylation is 1. The van der Waals surface area contributed by atoms with Crippen molar-refractivity contribution in [2.45, 2.75) is 6.04 Å². The number of amides is 2. The van der Waals surface area contributed by atoms with Gasteiger partial charge < -0.3 is 15.5 Å². The number of benzene rings is 1. The van der Waals surface area contributed by atoms with Crippen LogP contribution in [0, 0.1) is 0 Å². The van der Waals surface area contributed by atoms with Gasteiger partial charge in [0.15, 0.2) is 5.82 Å². The minimum Gasteiger partial charge on any atom is -0.346 e. The first-order valence-electron chi connectivity index (χ1n) is 8.79. The molecule has 1 aromatic carbocycles. The highest BCUT2D eigenvalue weighted by atomic mass is 16.2. The van der Waals surface area contributed by atoms with Crippen molar-refractivity contribution >= 4 is 17.6 Å². The molecule has 0 saturated carbocycles. The molecule has 2 amide bonds. The van der Waals surface area contributed by atoms with Crippen LogP contribution in [0.5, 0.6) is 0 Å². The molecular weight excluding hydrogens is 358 g/mol. The summed E-state index contributed by atoms with van der Waals surface area (Å²) in [5, 5.41) is 13.6. The molecule has 0 unspecified atom stereocenters. The third kappa shape index (κ3) is 4.63. The Bertz CT molecular complexity index is 946. The zero-order valence-electron chi connectivity index (χ0n) is 16.0. The Hall–Kier alpha value is -3.46. The van der Waals surface area contributed by atoms with Crippen LogP contribution in [0.25, 0.3) is 5.69 Å². The summed E-state index contributed by atoms with van der Waals surface area (Å²) < 4.78 is 3.32. The van der Waals surface area contributed by atoms with E-state index in [1.807, 2.05) is 62.6 Å². The van der Waals surface area contributed by atoms with E-state index in [0.717, 1.165) is 11.3 Å². The van der Waals surface area contributed by atoms with Crippen LogP contribution in [-0.4, -0.2) is 56.9 Å². The van der Waals surface area contributed by atoms with Crippen LogP contribution >= 0.6 is 0 Å². The molecule has 0 spiro atoms. The minimum atomic E-state index is -0.762. The molecule has 1 atom stereocenters. The summed E-state index contributed by atoms with van der Waals surface area (Å²) in [5.74, 6) is -1.17. The molecule has 0 saturated heterocycles. The summed E-state index contributed by atoms with van der Waals surface area (Å²) in [5.41, 5.74) is 1.81. The lowest BCUT2D eigenvalue weighted by Gasteiger charge is -2.23. The van der Waals surface area contributed by atoms with Crippen LogP contribution in [0.4, 0.5) is 5.82 Å². The van der Waals surface area contributed by atoms with Crippen molar-refractivity contribution in [2.24, 2.45) is 7.05 Å². The largest absolute Gasteiger partial charge is 0.346 e. The Morgan fingerprint density at radius 2 is 1.89 bits per heavy atom. The SMILES string of the molecule is CN(C)[C@H](CNC(=O)C(=O)Nc1ccn(-c2ccccc2)n1)c1cnn(C)c1. The molecule has 9 nitrogen and oxygen atoms in total. The van der Waals surface area contributed by atoms with E-state index in [-0.39, 0.29) is 12.6 Å². The second-order valence-electron chi connectivity index (χ2n) is 6.57. The van der Waals surface area contributed by atoms with E-state index < -0.39 is 11.8 Å². The molecule has 0 bridgehead atoms. The summed E-state index contributed by atoms with van der Waals surface area (Å²) >= 11 is 0. The van der Waals surface area contributed by atoms with Gasteiger partial charge in [-0.3, -0.25) is 14.3 Å². The van der Waals surface area contributed by atoms with Gasteiger partial charge in [-0.15, -0.1) is 0 Å². The average Bonchev–Trinajstić information content (AvgIpc) is 3.31. The van der Waals surface area contributed by atoms with Gasteiger partial charge in [-0.1, -0.05) is 18.2 Å². The van der Waals surface area contributed by atoms with Crippen molar-refractivity contribution < 1.29 is 9.59 Å². The van der Waals surface area contributed by atoms with Crippen molar-refractivity contribution in [1.29, 1.82) is 0 Å². The number of aromatic nitrogens is 4. The molecule has 0 aliphatic rings. The number of nitrogens with zero attached hydrogens (tertiary/aromatic N) is 5. The molecular formula is C19H23N7O2. The second-order valence-corrected chi connectivity index (χ2v) is 6.57. The minimum absolute atomic E-state index is 0.0947. The van der Waals surface area contributed by atoms with Crippen molar-refractivity contribution in [3.63, 3.8) is 0 Å². The van der Waals surface area contributed by atoms with Gasteiger partial charge in [-0.05, 0) is 26.2 Å². The molecule has 2 aromatic heterocycles. The molecule has 0 aliphatic heterocycles. The van der Waals surface area contributed by atoms with Gasteiger partial charge in [0.2, 0.25) is 0 Å². The fraction of sp³-hybridized carbons (Fsp3) is 0.263. The van der Waals surface area contributed by atoms with E-state index in [4.69, 9.17) is 0 Å². The summed E-state index contributed by atoms with van der Waals surface area (Å²) in [7, 11) is 5.64. The van der Waals surface area contributed by atoms with Gasteiger partial charge in [-0.2, -0.15) is 10.2 Å². The highest BCUT2D eigenvalue weighted by Crippen LogP contribution is 2.16. The summed E-state index contributed by atoms with van der Waals surface area (Å²) in [4.78, 5) is 26.3. The Balaban J connectivity index is 1.57. The number of hydrogen-bond donors (Lipinski definition) is 2. The van der Waals surface area contributed by atoms with Gasteiger partial charge in [0.05, 0.1) is 17.9 Å². The number of nitrogens with one attached hydrogen (secondary N) is 2. The average molecular weight is 381 g/mol. The maximum atomic E-state index is 12.2. The van der Waals surface area contributed by atoms with Crippen molar-refractivity contribution in [2.75, 3.05) is 26.0 Å². The predicted octanol–water partition coefficient (Wildman–Crippen LogP) is 0.963. The van der Waals surface area contributed by atoms with Gasteiger partial charge in [0, 0.05) is 37.6 Å². The summed E-state index contributed by atoms with van der Waals surface area (Å²) in [6.07, 6.45) is 5.34. The molecule has 3 aromatic rings. The van der Waals surface area contributed by atoms with E-state index in [0.29, 0.717) is 5.82 Å². The van der Waals surface area contributed by atoms with E-state index in [9.17, 15) is 9.59 Å². The van der Waals surface area contributed by atoms with Gasteiger partial charge >= 0.3 is 11.8 Å². The summed E-state index contributed by atoms with van der Waals surface area (Å²) in [6.45, 7) is 0.281. The third-order valence-electron chi connectivity index (χ3n) is 4.25. The smallest absolute Gasteiger partial charge is 0.314 e. The number of para-hydroxylation sites is 1. The van der Waals surface area contributed by atoms with Crippen LogP contribution in [0.15, 0.2) is 55.0 Å². The Labute approximate surface area is 162 Å². The maximum Gasteiger partial charge on any atom is 0.314 e. The van der Waals surface area contributed by atoms with Crippen LogP contribution in [0.3, 0.4) is 0 Å². The van der Waals surface area contributed by atoms with Crippen LogP contribution in [-0.2, 0) is 16.6 Å². The highest BCUT2D eigenvalue weighted by Gasteiger charge is 2.20. The zero-order valence-corrected chi connectivity index (χ0v) is 16.0. The van der Waals surface area contributed by atoms with Gasteiger partial charge in [0.1, 0.15) is 0 Å². The third-order valence-corrected chi connectivity index (χ3v) is 4.25. The number of hydrogen-bond acceptors (Lipinski definition) is 5. The highest BCUT2D eigenvalue weighted by molar-refractivity contribution is 6.39. The number of likely N-dealkylation sites (N-methyl/N-ethyl adjacent to an activating group) is 1. The Morgan fingerprint density at radius 1 is 1.14 bits per heavy atom. The number of carbonyl (C=O) groups is 2. The fourth-order valence-corrected chi connectivity index (χ4v) is 2.77. The Morgan fingerprint density at radius 3 is 2.54 bits per heavy atom. The van der Waals surface area contributed by atoms with E-state index in [2.05, 4.69) is 20.8 Å². The van der Waals surface area contributed by atoms with Crippen LogP contribution in [0.2, 0.25) is 0 Å². The Kier molecular flexibility index (Phi) is 5.85. The first kappa shape index (κ1) is 19.3.